The van der Waals surface area contributed by atoms with Crippen molar-refractivity contribution in [2.45, 2.75) is 97.1 Å². The molecule has 43 heavy (non-hydrogen) atoms. The van der Waals surface area contributed by atoms with Crippen molar-refractivity contribution in [2.75, 3.05) is 0 Å². The van der Waals surface area contributed by atoms with E-state index in [2.05, 4.69) is 54.1 Å². The van der Waals surface area contributed by atoms with Crippen LogP contribution in [0.3, 0.4) is 0 Å². The van der Waals surface area contributed by atoms with E-state index in [1.54, 1.807) is 12.1 Å². The summed E-state index contributed by atoms with van der Waals surface area (Å²) in [4.78, 5) is 29.4. The molecule has 1 atom stereocenters. The van der Waals surface area contributed by atoms with E-state index in [9.17, 15) is 14.9 Å². The first kappa shape index (κ1) is 29.1. The zero-order valence-corrected chi connectivity index (χ0v) is 25.4. The number of aromatic nitrogens is 2. The highest BCUT2D eigenvalue weighted by Crippen LogP contribution is 2.37. The number of carbonyl (C=O) groups excluding carboxylic acids is 1. The van der Waals surface area contributed by atoms with E-state index in [1.807, 2.05) is 0 Å². The number of benzene rings is 2. The maximum Gasteiger partial charge on any atom is 0.269 e. The fourth-order valence-corrected chi connectivity index (χ4v) is 7.47. The van der Waals surface area contributed by atoms with Gasteiger partial charge >= 0.3 is 0 Å². The highest BCUT2D eigenvalue weighted by molar-refractivity contribution is 5.86. The van der Waals surface area contributed by atoms with E-state index in [0.717, 1.165) is 67.5 Å². The molecule has 0 radical (unpaired) electrons. The van der Waals surface area contributed by atoms with Gasteiger partial charge in [-0.1, -0.05) is 62.1 Å². The van der Waals surface area contributed by atoms with Crippen LogP contribution in [-0.4, -0.2) is 20.4 Å². The maximum atomic E-state index is 13.8. The minimum Gasteiger partial charge on any atom is -0.351 e. The van der Waals surface area contributed by atoms with Crippen molar-refractivity contribution in [1.29, 1.82) is 0 Å². The Labute approximate surface area is 253 Å². The van der Waals surface area contributed by atoms with Crippen molar-refractivity contribution >= 4 is 22.6 Å². The molecule has 0 saturated heterocycles. The number of amides is 1. The van der Waals surface area contributed by atoms with Crippen LogP contribution in [0.1, 0.15) is 96.5 Å². The first-order valence-corrected chi connectivity index (χ1v) is 16.0. The molecule has 1 N–H and O–H groups in total. The minimum atomic E-state index is -0.403. The summed E-state index contributed by atoms with van der Waals surface area (Å²) in [7, 11) is 0. The second-order valence-corrected chi connectivity index (χ2v) is 12.6. The lowest BCUT2D eigenvalue weighted by atomic mass is 9.80. The van der Waals surface area contributed by atoms with E-state index >= 15 is 0 Å². The van der Waals surface area contributed by atoms with Crippen LogP contribution in [0.2, 0.25) is 0 Å². The molecule has 7 heteroatoms. The molecule has 2 aliphatic rings. The Morgan fingerprint density at radius 3 is 2.33 bits per heavy atom. The molecule has 4 aromatic rings. The molecule has 6 rings (SSSR count). The van der Waals surface area contributed by atoms with Gasteiger partial charge in [-0.05, 0) is 92.2 Å². The lowest BCUT2D eigenvalue weighted by Gasteiger charge is -2.26. The van der Waals surface area contributed by atoms with Gasteiger partial charge in [0.2, 0.25) is 5.91 Å². The number of hydrogen-bond acceptors (Lipinski definition) is 4. The van der Waals surface area contributed by atoms with E-state index in [-0.39, 0.29) is 17.5 Å². The van der Waals surface area contributed by atoms with E-state index in [4.69, 9.17) is 4.98 Å². The van der Waals surface area contributed by atoms with Crippen LogP contribution in [0.4, 0.5) is 5.69 Å². The summed E-state index contributed by atoms with van der Waals surface area (Å²) < 4.78 is 2.44. The second-order valence-electron chi connectivity index (χ2n) is 12.6. The molecule has 224 valence electrons. The van der Waals surface area contributed by atoms with Crippen LogP contribution >= 0.6 is 0 Å². The highest BCUT2D eigenvalue weighted by Gasteiger charge is 2.30. The van der Waals surface area contributed by atoms with Gasteiger partial charge in [-0.25, -0.2) is 4.98 Å². The largest absolute Gasteiger partial charge is 0.351 e. The molecule has 0 spiro atoms. The molecule has 1 unspecified atom stereocenters. The topological polar surface area (TPSA) is 90.1 Å². The lowest BCUT2D eigenvalue weighted by molar-refractivity contribution is -0.384. The number of nitro benzene ring substituents is 1. The Kier molecular flexibility index (Phi) is 8.59. The first-order chi connectivity index (χ1) is 20.9. The molecular formula is C36H42N4O3. The average molecular weight is 579 g/mol. The first-order valence-electron chi connectivity index (χ1n) is 16.0. The molecule has 2 aliphatic carbocycles. The number of nitro groups is 1. The van der Waals surface area contributed by atoms with Gasteiger partial charge in [-0.3, -0.25) is 14.9 Å². The normalized spacial score (nSPS) is 16.4. The van der Waals surface area contributed by atoms with Crippen LogP contribution in [0.5, 0.6) is 0 Å². The van der Waals surface area contributed by atoms with Gasteiger partial charge in [0.05, 0.1) is 10.8 Å². The Morgan fingerprint density at radius 1 is 0.953 bits per heavy atom. The third kappa shape index (κ3) is 6.22. The van der Waals surface area contributed by atoms with Gasteiger partial charge in [-0.15, -0.1) is 0 Å². The number of hydrogen-bond donors (Lipinski definition) is 1. The van der Waals surface area contributed by atoms with Gasteiger partial charge in [-0.2, -0.15) is 0 Å². The molecule has 2 aromatic heterocycles. The Bertz CT molecular complexity index is 1610. The Balaban J connectivity index is 1.25. The third-order valence-corrected chi connectivity index (χ3v) is 9.59. The molecule has 1 saturated carbocycles. The smallest absolute Gasteiger partial charge is 0.269 e. The molecule has 0 aliphatic heterocycles. The van der Waals surface area contributed by atoms with Gasteiger partial charge in [0.25, 0.3) is 5.69 Å². The van der Waals surface area contributed by atoms with Gasteiger partial charge in [0.15, 0.2) is 0 Å². The van der Waals surface area contributed by atoms with Crippen LogP contribution in [0, 0.1) is 29.9 Å². The number of carbonyl (C=O) groups is 1. The zero-order valence-electron chi connectivity index (χ0n) is 25.4. The van der Waals surface area contributed by atoms with Crippen molar-refractivity contribution in [3.05, 3.63) is 104 Å². The molecule has 7 nitrogen and oxygen atoms in total. The van der Waals surface area contributed by atoms with E-state index in [1.165, 1.54) is 65.6 Å². The van der Waals surface area contributed by atoms with Crippen molar-refractivity contribution in [1.82, 2.24) is 14.9 Å². The monoisotopic (exact) mass is 578 g/mol. The quantitative estimate of drug-likeness (QED) is 0.131. The Hall–Kier alpha value is -4.00. The number of nitrogens with zero attached hydrogens (tertiary/aromatic N) is 3. The van der Waals surface area contributed by atoms with Gasteiger partial charge < -0.3 is 9.88 Å². The van der Waals surface area contributed by atoms with Crippen molar-refractivity contribution in [2.24, 2.45) is 5.92 Å². The minimum absolute atomic E-state index is 0.0404. The van der Waals surface area contributed by atoms with Crippen molar-refractivity contribution in [3.8, 4) is 0 Å². The molecule has 1 fully saturated rings. The molecule has 0 bridgehead atoms. The summed E-state index contributed by atoms with van der Waals surface area (Å²) in [5, 5.41) is 15.5. The zero-order chi connectivity index (χ0) is 29.9. The number of non-ortho nitro benzene ring substituents is 1. The summed E-state index contributed by atoms with van der Waals surface area (Å²) in [6.07, 6.45) is 11.6. The molecule has 1 amide bonds. The number of nitrogens with one attached hydrogen (secondary N) is 1. The summed E-state index contributed by atoms with van der Waals surface area (Å²) in [5.41, 5.74) is 9.62. The van der Waals surface area contributed by atoms with Crippen LogP contribution in [-0.2, 0) is 30.7 Å². The highest BCUT2D eigenvalue weighted by atomic mass is 16.6. The van der Waals surface area contributed by atoms with Crippen LogP contribution in [0.25, 0.3) is 11.0 Å². The SMILES string of the molecule is Cc1cc(C)c2c3c(n(Cc4ccc(C(C(=O)NCc5ccc([N+](=O)[O-])cc5)C5CCCCCC5)cc4)c2n1)CCCC3. The van der Waals surface area contributed by atoms with Gasteiger partial charge in [0, 0.05) is 42.0 Å². The predicted molar refractivity (Wildman–Crippen MR) is 170 cm³/mol. The fourth-order valence-electron chi connectivity index (χ4n) is 7.47. The average Bonchev–Trinajstić information content (AvgIpc) is 3.13. The number of rotatable bonds is 8. The standard InChI is InChI=1S/C36H42N4O3/c1-24-21-25(2)38-35-33(24)31-11-7-8-12-32(31)39(35)23-27-13-17-29(18-14-27)34(28-9-5-3-4-6-10-28)36(41)37-22-26-15-19-30(20-16-26)40(42)43/h13-21,28,34H,3-12,22-23H2,1-2H3,(H,37,41). The Morgan fingerprint density at radius 2 is 1.63 bits per heavy atom. The van der Waals surface area contributed by atoms with Crippen LogP contribution in [0.15, 0.2) is 54.6 Å². The van der Waals surface area contributed by atoms with Crippen molar-refractivity contribution in [3.63, 3.8) is 0 Å². The predicted octanol–water partition coefficient (Wildman–Crippen LogP) is 7.86. The summed E-state index contributed by atoms with van der Waals surface area (Å²) in [5.74, 6) is 0.136. The van der Waals surface area contributed by atoms with Gasteiger partial charge in [0.1, 0.15) is 5.65 Å². The molecular weight excluding hydrogens is 536 g/mol. The number of pyridine rings is 1. The molecule has 2 aromatic carbocycles. The molecule has 2 heterocycles. The van der Waals surface area contributed by atoms with Crippen molar-refractivity contribution < 1.29 is 9.72 Å². The number of aryl methyl sites for hydroxylation is 3. The number of fused-ring (bicyclic) bond motifs is 3. The van der Waals surface area contributed by atoms with Crippen LogP contribution < -0.4 is 5.32 Å². The van der Waals surface area contributed by atoms with E-state index in [0.29, 0.717) is 12.5 Å². The maximum absolute atomic E-state index is 13.8. The third-order valence-electron chi connectivity index (χ3n) is 9.59. The summed E-state index contributed by atoms with van der Waals surface area (Å²) >= 11 is 0. The summed E-state index contributed by atoms with van der Waals surface area (Å²) in [6, 6.07) is 17.4. The fraction of sp³-hybridized carbons (Fsp3) is 0.444. The summed E-state index contributed by atoms with van der Waals surface area (Å²) in [6.45, 7) is 5.43. The van der Waals surface area contributed by atoms with E-state index < -0.39 is 4.92 Å². The lowest BCUT2D eigenvalue weighted by Crippen LogP contribution is -2.33. The second kappa shape index (κ2) is 12.7.